The van der Waals surface area contributed by atoms with E-state index in [1.54, 1.807) is 36.4 Å². The quantitative estimate of drug-likeness (QED) is 0.660. The van der Waals surface area contributed by atoms with E-state index in [1.807, 2.05) is 12.1 Å². The Bertz CT molecular complexity index is 961. The highest BCUT2D eigenvalue weighted by molar-refractivity contribution is 6.21. The summed E-state index contributed by atoms with van der Waals surface area (Å²) in [7, 11) is 0. The molecule has 2 aromatic carbocycles. The van der Waals surface area contributed by atoms with Crippen molar-refractivity contribution >= 4 is 29.3 Å². The van der Waals surface area contributed by atoms with E-state index in [4.69, 9.17) is 0 Å². The first-order valence-corrected chi connectivity index (χ1v) is 10.1. The van der Waals surface area contributed by atoms with Crippen LogP contribution in [0, 0.1) is 0 Å². The maximum absolute atomic E-state index is 12.3. The van der Waals surface area contributed by atoms with Crippen LogP contribution in [-0.4, -0.2) is 41.1 Å². The van der Waals surface area contributed by atoms with E-state index < -0.39 is 0 Å². The molecule has 1 aliphatic carbocycles. The van der Waals surface area contributed by atoms with Crippen LogP contribution in [0.3, 0.4) is 0 Å². The molecule has 0 atom stereocenters. The lowest BCUT2D eigenvalue weighted by Crippen LogP contribution is -2.31. The van der Waals surface area contributed by atoms with E-state index in [0.29, 0.717) is 35.7 Å². The van der Waals surface area contributed by atoms with Gasteiger partial charge in [-0.15, -0.1) is 0 Å². The first-order valence-electron chi connectivity index (χ1n) is 10.1. The number of hydrogen-bond acceptors (Lipinski definition) is 4. The second kappa shape index (κ2) is 8.49. The van der Waals surface area contributed by atoms with Crippen LogP contribution in [0.4, 0.5) is 5.69 Å². The largest absolute Gasteiger partial charge is 0.353 e. The number of fused-ring (bicyclic) bond motifs is 1. The van der Waals surface area contributed by atoms with Crippen molar-refractivity contribution in [1.82, 2.24) is 10.2 Å². The third kappa shape index (κ3) is 4.56. The highest BCUT2D eigenvalue weighted by Gasteiger charge is 2.34. The normalized spacial score (nSPS) is 15.1. The van der Waals surface area contributed by atoms with Crippen LogP contribution in [0.2, 0.25) is 0 Å². The van der Waals surface area contributed by atoms with Crippen molar-refractivity contribution in [3.63, 3.8) is 0 Å². The number of nitrogens with one attached hydrogen (secondary N) is 2. The minimum Gasteiger partial charge on any atom is -0.353 e. The van der Waals surface area contributed by atoms with Gasteiger partial charge < -0.3 is 10.6 Å². The highest BCUT2D eigenvalue weighted by Crippen LogP contribution is 2.23. The summed E-state index contributed by atoms with van der Waals surface area (Å²) in [4.78, 5) is 49.9. The molecule has 30 heavy (non-hydrogen) atoms. The van der Waals surface area contributed by atoms with Crippen molar-refractivity contribution < 1.29 is 19.2 Å². The van der Waals surface area contributed by atoms with Gasteiger partial charge in [0.25, 0.3) is 11.8 Å². The van der Waals surface area contributed by atoms with Gasteiger partial charge in [-0.1, -0.05) is 24.3 Å². The average molecular weight is 405 g/mol. The van der Waals surface area contributed by atoms with Gasteiger partial charge in [-0.25, -0.2) is 0 Å². The molecule has 1 saturated carbocycles. The van der Waals surface area contributed by atoms with Crippen molar-refractivity contribution in [2.45, 2.75) is 38.1 Å². The molecule has 2 aromatic rings. The van der Waals surface area contributed by atoms with Crippen LogP contribution in [0.15, 0.2) is 48.5 Å². The van der Waals surface area contributed by atoms with E-state index in [1.165, 1.54) is 4.90 Å². The van der Waals surface area contributed by atoms with Gasteiger partial charge in [0, 0.05) is 24.7 Å². The Morgan fingerprint density at radius 3 is 2.13 bits per heavy atom. The molecule has 4 rings (SSSR count). The third-order valence-corrected chi connectivity index (χ3v) is 5.21. The van der Waals surface area contributed by atoms with Crippen LogP contribution >= 0.6 is 0 Å². The average Bonchev–Trinajstić information content (AvgIpc) is 3.51. The summed E-state index contributed by atoms with van der Waals surface area (Å²) in [6, 6.07) is 14.3. The number of rotatable bonds is 8. The lowest BCUT2D eigenvalue weighted by molar-refractivity contribution is -0.120. The molecule has 1 fully saturated rings. The number of imide groups is 1. The second-order valence-electron chi connectivity index (χ2n) is 7.67. The van der Waals surface area contributed by atoms with Gasteiger partial charge in [0.15, 0.2) is 0 Å². The minimum absolute atomic E-state index is 0.0162. The number of benzene rings is 2. The molecule has 0 aromatic heterocycles. The number of amides is 4. The Kier molecular flexibility index (Phi) is 5.61. The molecule has 2 N–H and O–H groups in total. The van der Waals surface area contributed by atoms with Gasteiger partial charge in [-0.3, -0.25) is 24.1 Å². The standard InChI is InChI=1S/C23H23N3O4/c27-20(6-3-13-26-22(29)18-4-1-2-5-19(18)23(26)30)24-16-9-7-15(8-10-16)14-21(28)25-17-11-12-17/h1-2,4-5,7-10,17H,3,6,11-14H2,(H,24,27)(H,25,28). The number of carbonyl (C=O) groups is 4. The van der Waals surface area contributed by atoms with Crippen LogP contribution in [0.5, 0.6) is 0 Å². The maximum atomic E-state index is 12.3. The summed E-state index contributed by atoms with van der Waals surface area (Å²) < 4.78 is 0. The summed E-state index contributed by atoms with van der Waals surface area (Å²) in [5.74, 6) is -0.789. The van der Waals surface area contributed by atoms with Gasteiger partial charge in [0.1, 0.15) is 0 Å². The van der Waals surface area contributed by atoms with E-state index in [2.05, 4.69) is 10.6 Å². The summed E-state index contributed by atoms with van der Waals surface area (Å²) >= 11 is 0. The fraction of sp³-hybridized carbons (Fsp3) is 0.304. The Labute approximate surface area is 174 Å². The molecular weight excluding hydrogens is 382 g/mol. The van der Waals surface area contributed by atoms with E-state index in [0.717, 1.165) is 18.4 Å². The Morgan fingerprint density at radius 1 is 0.900 bits per heavy atom. The number of anilines is 1. The lowest BCUT2D eigenvalue weighted by Gasteiger charge is -2.13. The Balaban J connectivity index is 1.22. The Hall–Kier alpha value is -3.48. The van der Waals surface area contributed by atoms with Gasteiger partial charge in [-0.2, -0.15) is 0 Å². The molecule has 0 radical (unpaired) electrons. The van der Waals surface area contributed by atoms with Gasteiger partial charge >= 0.3 is 0 Å². The van der Waals surface area contributed by atoms with Gasteiger partial charge in [0.2, 0.25) is 11.8 Å². The minimum atomic E-state index is -0.308. The first-order chi connectivity index (χ1) is 14.5. The van der Waals surface area contributed by atoms with Crippen molar-refractivity contribution in [3.05, 3.63) is 65.2 Å². The fourth-order valence-corrected chi connectivity index (χ4v) is 3.46. The van der Waals surface area contributed by atoms with Crippen LogP contribution in [0.1, 0.15) is 52.0 Å². The monoisotopic (exact) mass is 405 g/mol. The van der Waals surface area contributed by atoms with Crippen molar-refractivity contribution in [1.29, 1.82) is 0 Å². The van der Waals surface area contributed by atoms with Crippen molar-refractivity contribution in [2.75, 3.05) is 11.9 Å². The summed E-state index contributed by atoms with van der Waals surface area (Å²) in [5, 5.41) is 5.75. The highest BCUT2D eigenvalue weighted by atomic mass is 16.2. The number of nitrogens with zero attached hydrogens (tertiary/aromatic N) is 1. The van der Waals surface area contributed by atoms with E-state index >= 15 is 0 Å². The molecule has 0 unspecified atom stereocenters. The summed E-state index contributed by atoms with van der Waals surface area (Å²) in [5.41, 5.74) is 2.36. The maximum Gasteiger partial charge on any atom is 0.261 e. The molecule has 1 aliphatic heterocycles. The molecule has 2 aliphatic rings. The summed E-state index contributed by atoms with van der Waals surface area (Å²) in [6.07, 6.45) is 3.02. The Morgan fingerprint density at radius 2 is 1.53 bits per heavy atom. The first kappa shape index (κ1) is 19.8. The van der Waals surface area contributed by atoms with Crippen LogP contribution in [-0.2, 0) is 16.0 Å². The summed E-state index contributed by atoms with van der Waals surface area (Å²) in [6.45, 7) is 0.203. The van der Waals surface area contributed by atoms with Crippen molar-refractivity contribution in [3.8, 4) is 0 Å². The molecule has 0 bridgehead atoms. The van der Waals surface area contributed by atoms with E-state index in [9.17, 15) is 19.2 Å². The molecule has 7 heteroatoms. The van der Waals surface area contributed by atoms with Gasteiger partial charge in [0.05, 0.1) is 17.5 Å². The topological polar surface area (TPSA) is 95.6 Å². The molecule has 1 heterocycles. The number of carbonyl (C=O) groups excluding carboxylic acids is 4. The van der Waals surface area contributed by atoms with Crippen LogP contribution < -0.4 is 10.6 Å². The SMILES string of the molecule is O=C(CCCN1C(=O)c2ccccc2C1=O)Nc1ccc(CC(=O)NC2CC2)cc1. The van der Waals surface area contributed by atoms with E-state index in [-0.39, 0.29) is 36.6 Å². The predicted molar refractivity (Wildman–Crippen MR) is 111 cm³/mol. The predicted octanol–water partition coefficient (Wildman–Crippen LogP) is 2.52. The molecule has 154 valence electrons. The van der Waals surface area contributed by atoms with Crippen molar-refractivity contribution in [2.24, 2.45) is 0 Å². The molecule has 4 amide bonds. The fourth-order valence-electron chi connectivity index (χ4n) is 3.46. The molecular formula is C23H23N3O4. The number of hydrogen-bond donors (Lipinski definition) is 2. The molecule has 0 spiro atoms. The zero-order chi connectivity index (χ0) is 21.1. The third-order valence-electron chi connectivity index (χ3n) is 5.21. The van der Waals surface area contributed by atoms with Gasteiger partial charge in [-0.05, 0) is 49.1 Å². The lowest BCUT2D eigenvalue weighted by atomic mass is 10.1. The second-order valence-corrected chi connectivity index (χ2v) is 7.67. The van der Waals surface area contributed by atoms with Crippen LogP contribution in [0.25, 0.3) is 0 Å². The molecule has 7 nitrogen and oxygen atoms in total. The smallest absolute Gasteiger partial charge is 0.261 e. The zero-order valence-corrected chi connectivity index (χ0v) is 16.5. The molecule has 0 saturated heterocycles. The zero-order valence-electron chi connectivity index (χ0n) is 16.5.